The van der Waals surface area contributed by atoms with Crippen molar-refractivity contribution in [1.82, 2.24) is 0 Å². The first-order valence-corrected chi connectivity index (χ1v) is 17.5. The van der Waals surface area contributed by atoms with Crippen LogP contribution < -0.4 is 18.9 Å². The highest BCUT2D eigenvalue weighted by Crippen LogP contribution is 2.53. The Bertz CT molecular complexity index is 1620. The fourth-order valence-corrected chi connectivity index (χ4v) is 6.59. The first-order chi connectivity index (χ1) is 26.0. The van der Waals surface area contributed by atoms with Gasteiger partial charge in [0.1, 0.15) is 48.8 Å². The van der Waals surface area contributed by atoms with Crippen molar-refractivity contribution >= 4 is 19.2 Å². The Labute approximate surface area is 311 Å². The molecule has 55 heavy (non-hydrogen) atoms. The van der Waals surface area contributed by atoms with Crippen molar-refractivity contribution in [2.24, 2.45) is 0 Å². The molecule has 2 saturated heterocycles. The topological polar surface area (TPSA) is 337 Å². The zero-order chi connectivity index (χ0) is 40.8. The van der Waals surface area contributed by atoms with Gasteiger partial charge < -0.3 is 68.9 Å². The molecule has 0 aliphatic carbocycles. The normalized spacial score (nSPS) is 28.3. The standard InChI is InChI=1S/C30H41N2O22P/c1-45-17-5-13(15(31(40)41)7-19(17)47-3)10-49-55(44,50-11-14-6-18(46-2)20(48-4)8-16(14)32(42)43)51-12-22-24(35)26(37)28(39)30(53-22)54-29-27(38)25(36)23(34)21(9-33)52-29/h5-8,21-30,33-39H,9-12H2,1-4H3/t21-,22-,23-,24-,25+,26+,27-,28-,29-,30-/m1/s1. The highest BCUT2D eigenvalue weighted by atomic mass is 31.2. The van der Waals surface area contributed by atoms with Gasteiger partial charge in [-0.15, -0.1) is 0 Å². The van der Waals surface area contributed by atoms with Crippen LogP contribution >= 0.6 is 7.82 Å². The van der Waals surface area contributed by atoms with Gasteiger partial charge in [-0.3, -0.25) is 33.8 Å². The predicted octanol–water partition coefficient (Wildman–Crippen LogP) is -0.980. The molecule has 2 fully saturated rings. The van der Waals surface area contributed by atoms with Crippen molar-refractivity contribution in [3.05, 3.63) is 55.6 Å². The quantitative estimate of drug-likeness (QED) is 0.0540. The van der Waals surface area contributed by atoms with E-state index in [0.717, 1.165) is 24.3 Å². The molecule has 10 atom stereocenters. The summed E-state index contributed by atoms with van der Waals surface area (Å²) in [5, 5.41) is 95.7. The Morgan fingerprint density at radius 3 is 1.38 bits per heavy atom. The molecule has 2 heterocycles. The van der Waals surface area contributed by atoms with Gasteiger partial charge in [-0.2, -0.15) is 0 Å². The van der Waals surface area contributed by atoms with Crippen molar-refractivity contribution < 1.29 is 96.9 Å². The SMILES string of the molecule is COc1cc(COP(=O)(OCc2cc(OC)c(OC)cc2[N+](=O)[O-])OC[C@H]2O[C@H](O[C@H]3O[C@H](CO)[C@@H](O)[C@H](O)[C@H]3O)[C@H](O)[C@@H](O)[C@@H]2O)c([N+](=O)[O-])cc1OC. The molecule has 0 unspecified atom stereocenters. The summed E-state index contributed by atoms with van der Waals surface area (Å²) in [5.41, 5.74) is -1.60. The van der Waals surface area contributed by atoms with Crippen LogP contribution in [0.15, 0.2) is 24.3 Å². The Kier molecular flexibility index (Phi) is 15.0. The maximum absolute atomic E-state index is 14.2. The summed E-state index contributed by atoms with van der Waals surface area (Å²) < 4.78 is 67.3. The molecule has 2 aliphatic rings. The van der Waals surface area contributed by atoms with Crippen molar-refractivity contribution in [2.45, 2.75) is 74.6 Å². The van der Waals surface area contributed by atoms with Crippen LogP contribution in [-0.4, -0.2) is 149 Å². The lowest BCUT2D eigenvalue weighted by atomic mass is 9.98. The molecule has 308 valence electrons. The molecule has 0 radical (unpaired) electrons. The zero-order valence-corrected chi connectivity index (χ0v) is 30.4. The minimum Gasteiger partial charge on any atom is -0.493 e. The second-order valence-corrected chi connectivity index (χ2v) is 13.5. The highest BCUT2D eigenvalue weighted by molar-refractivity contribution is 7.48. The molecule has 0 saturated carbocycles. The Morgan fingerprint density at radius 2 is 1.00 bits per heavy atom. The fraction of sp³-hybridized carbons (Fsp3) is 0.600. The molecule has 0 bridgehead atoms. The number of phosphoric ester groups is 1. The largest absolute Gasteiger partial charge is 0.493 e. The fourth-order valence-electron chi connectivity index (χ4n) is 5.44. The number of nitro groups is 2. The van der Waals surface area contributed by atoms with E-state index in [4.69, 9.17) is 46.7 Å². The molecule has 0 amide bonds. The zero-order valence-electron chi connectivity index (χ0n) is 29.5. The van der Waals surface area contributed by atoms with Crippen LogP contribution in [0.5, 0.6) is 23.0 Å². The monoisotopic (exact) mass is 812 g/mol. The molecule has 0 spiro atoms. The van der Waals surface area contributed by atoms with E-state index in [2.05, 4.69) is 0 Å². The van der Waals surface area contributed by atoms with E-state index in [1.54, 1.807) is 0 Å². The second-order valence-electron chi connectivity index (χ2n) is 11.8. The highest BCUT2D eigenvalue weighted by Gasteiger charge is 2.50. The van der Waals surface area contributed by atoms with Crippen molar-refractivity contribution in [1.29, 1.82) is 0 Å². The molecule has 2 aromatic carbocycles. The van der Waals surface area contributed by atoms with Gasteiger partial charge in [-0.25, -0.2) is 4.57 Å². The summed E-state index contributed by atoms with van der Waals surface area (Å²) in [7, 11) is -0.112. The summed E-state index contributed by atoms with van der Waals surface area (Å²) in [5.74, 6) is -0.0276. The predicted molar refractivity (Wildman–Crippen MR) is 177 cm³/mol. The third-order valence-electron chi connectivity index (χ3n) is 8.50. The van der Waals surface area contributed by atoms with Crippen LogP contribution in [0.3, 0.4) is 0 Å². The molecule has 2 aromatic rings. The van der Waals surface area contributed by atoms with Gasteiger partial charge >= 0.3 is 7.82 Å². The van der Waals surface area contributed by atoms with E-state index in [9.17, 15) is 60.5 Å². The molecule has 24 nitrogen and oxygen atoms in total. The lowest BCUT2D eigenvalue weighted by molar-refractivity contribution is -0.386. The smallest absolute Gasteiger partial charge is 0.475 e. The first-order valence-electron chi connectivity index (χ1n) is 16.0. The van der Waals surface area contributed by atoms with E-state index in [0.29, 0.717) is 0 Å². The molecular formula is C30H41N2O22P. The average Bonchev–Trinajstić information content (AvgIpc) is 3.18. The summed E-state index contributed by atoms with van der Waals surface area (Å²) in [6.07, 6.45) is -18.8. The Morgan fingerprint density at radius 1 is 0.618 bits per heavy atom. The van der Waals surface area contributed by atoms with Gasteiger partial charge in [0.05, 0.1) is 88.0 Å². The van der Waals surface area contributed by atoms with Crippen LogP contribution in [0.4, 0.5) is 11.4 Å². The number of aliphatic hydroxyl groups is 7. The van der Waals surface area contributed by atoms with E-state index in [1.807, 2.05) is 0 Å². The van der Waals surface area contributed by atoms with Gasteiger partial charge in [-0.1, -0.05) is 0 Å². The first kappa shape index (κ1) is 43.9. The molecule has 0 aromatic heterocycles. The van der Waals surface area contributed by atoms with Crippen molar-refractivity contribution in [3.8, 4) is 23.0 Å². The van der Waals surface area contributed by atoms with Crippen LogP contribution in [0.1, 0.15) is 11.1 Å². The number of aliphatic hydroxyl groups excluding tert-OH is 7. The number of phosphoric acid groups is 1. The van der Waals surface area contributed by atoms with E-state index >= 15 is 0 Å². The minimum atomic E-state index is -5.07. The van der Waals surface area contributed by atoms with E-state index in [1.165, 1.54) is 28.4 Å². The van der Waals surface area contributed by atoms with Crippen LogP contribution in [0, 0.1) is 20.2 Å². The van der Waals surface area contributed by atoms with E-state index < -0.39 is 117 Å². The van der Waals surface area contributed by atoms with Crippen LogP contribution in [-0.2, 0) is 45.6 Å². The number of ether oxygens (including phenoxy) is 7. The van der Waals surface area contributed by atoms with Gasteiger partial charge in [0.15, 0.2) is 35.6 Å². The summed E-state index contributed by atoms with van der Waals surface area (Å²) in [4.78, 5) is 22.2. The Hall–Kier alpha value is -3.85. The van der Waals surface area contributed by atoms with Gasteiger partial charge in [0, 0.05) is 0 Å². The molecule has 4 rings (SSSR count). The molecule has 25 heteroatoms. The number of benzene rings is 2. The lowest BCUT2D eigenvalue weighted by Gasteiger charge is -2.44. The van der Waals surface area contributed by atoms with Gasteiger partial charge in [0.25, 0.3) is 11.4 Å². The lowest BCUT2D eigenvalue weighted by Crippen LogP contribution is -2.63. The molecular weight excluding hydrogens is 771 g/mol. The van der Waals surface area contributed by atoms with Gasteiger partial charge in [-0.05, 0) is 12.1 Å². The summed E-state index contributed by atoms with van der Waals surface area (Å²) in [6.45, 7) is -3.59. The third-order valence-corrected chi connectivity index (χ3v) is 9.86. The van der Waals surface area contributed by atoms with Crippen LogP contribution in [0.2, 0.25) is 0 Å². The Balaban J connectivity index is 1.63. The number of rotatable bonds is 18. The minimum absolute atomic E-state index is 0.0149. The van der Waals surface area contributed by atoms with Crippen molar-refractivity contribution in [2.75, 3.05) is 41.7 Å². The van der Waals surface area contributed by atoms with Gasteiger partial charge in [0.2, 0.25) is 0 Å². The number of methoxy groups -OCH3 is 4. The number of nitro benzene ring substituents is 2. The maximum Gasteiger partial charge on any atom is 0.475 e. The number of hydrogen-bond donors (Lipinski definition) is 7. The second kappa shape index (κ2) is 18.9. The summed E-state index contributed by atoms with van der Waals surface area (Å²) in [6, 6.07) is 4.30. The van der Waals surface area contributed by atoms with E-state index in [-0.39, 0.29) is 34.1 Å². The molecule has 7 N–H and O–H groups in total. The summed E-state index contributed by atoms with van der Waals surface area (Å²) >= 11 is 0. The molecule has 2 aliphatic heterocycles. The van der Waals surface area contributed by atoms with Crippen molar-refractivity contribution in [3.63, 3.8) is 0 Å². The third kappa shape index (κ3) is 9.94. The number of hydrogen-bond acceptors (Lipinski definition) is 22. The van der Waals surface area contributed by atoms with Crippen LogP contribution in [0.25, 0.3) is 0 Å². The average molecular weight is 813 g/mol. The maximum atomic E-state index is 14.2. The number of nitrogens with zero attached hydrogens (tertiary/aromatic N) is 2.